The predicted molar refractivity (Wildman–Crippen MR) is 63.1 cm³/mol. The van der Waals surface area contributed by atoms with Crippen LogP contribution in [0.3, 0.4) is 0 Å². The number of carbonyl (C=O) groups is 2. The standard InChI is InChI=1S/C10H10ClNO3S/c1-2-4-12(6-8(13)14)10(15)9-7(11)3-5-16-9/h2-3,5H,1,4,6H2,(H,13,14). The van der Waals surface area contributed by atoms with Crippen LogP contribution in [0.1, 0.15) is 9.67 Å². The van der Waals surface area contributed by atoms with Crippen LogP contribution in [0.4, 0.5) is 0 Å². The van der Waals surface area contributed by atoms with E-state index in [1.165, 1.54) is 22.3 Å². The molecule has 0 saturated carbocycles. The van der Waals surface area contributed by atoms with Gasteiger partial charge in [-0.2, -0.15) is 0 Å². The lowest BCUT2D eigenvalue weighted by molar-refractivity contribution is -0.137. The Morgan fingerprint density at radius 2 is 2.31 bits per heavy atom. The fourth-order valence-corrected chi connectivity index (χ4v) is 2.23. The van der Waals surface area contributed by atoms with E-state index >= 15 is 0 Å². The maximum absolute atomic E-state index is 11.9. The minimum atomic E-state index is -1.07. The summed E-state index contributed by atoms with van der Waals surface area (Å²) in [5.74, 6) is -1.45. The molecule has 4 nitrogen and oxygen atoms in total. The summed E-state index contributed by atoms with van der Waals surface area (Å²) >= 11 is 6.99. The Bertz CT molecular complexity index is 416. The van der Waals surface area contributed by atoms with Crippen LogP contribution in [-0.2, 0) is 4.79 Å². The molecule has 0 fully saturated rings. The van der Waals surface area contributed by atoms with E-state index in [0.29, 0.717) is 9.90 Å². The molecule has 0 aliphatic rings. The summed E-state index contributed by atoms with van der Waals surface area (Å²) in [5, 5.41) is 10.7. The molecule has 0 saturated heterocycles. The molecule has 86 valence electrons. The Kier molecular flexibility index (Phi) is 4.52. The van der Waals surface area contributed by atoms with Crippen molar-refractivity contribution in [3.8, 4) is 0 Å². The van der Waals surface area contributed by atoms with E-state index in [-0.39, 0.29) is 19.0 Å². The van der Waals surface area contributed by atoms with Gasteiger partial charge in [-0.25, -0.2) is 0 Å². The van der Waals surface area contributed by atoms with Gasteiger partial charge in [-0.1, -0.05) is 17.7 Å². The quantitative estimate of drug-likeness (QED) is 0.824. The molecule has 16 heavy (non-hydrogen) atoms. The Hall–Kier alpha value is -1.33. The number of amides is 1. The van der Waals surface area contributed by atoms with Crippen LogP contribution in [0.25, 0.3) is 0 Å². The maximum atomic E-state index is 11.9. The first-order valence-corrected chi connectivity index (χ1v) is 5.67. The van der Waals surface area contributed by atoms with Crippen molar-refractivity contribution in [2.24, 2.45) is 0 Å². The highest BCUT2D eigenvalue weighted by molar-refractivity contribution is 7.12. The van der Waals surface area contributed by atoms with Gasteiger partial charge in [-0.05, 0) is 11.4 Å². The topological polar surface area (TPSA) is 57.6 Å². The number of aliphatic carboxylic acids is 1. The number of nitrogens with zero attached hydrogens (tertiary/aromatic N) is 1. The zero-order valence-corrected chi connectivity index (χ0v) is 9.92. The maximum Gasteiger partial charge on any atom is 0.323 e. The summed E-state index contributed by atoms with van der Waals surface area (Å²) in [6.45, 7) is 3.30. The second-order valence-corrected chi connectivity index (χ2v) is 4.29. The smallest absolute Gasteiger partial charge is 0.323 e. The molecule has 0 radical (unpaired) electrons. The van der Waals surface area contributed by atoms with E-state index in [4.69, 9.17) is 16.7 Å². The number of hydrogen-bond acceptors (Lipinski definition) is 3. The molecule has 0 spiro atoms. The minimum Gasteiger partial charge on any atom is -0.480 e. The number of carboxylic acid groups (broad SMARTS) is 1. The van der Waals surface area contributed by atoms with Gasteiger partial charge in [0.25, 0.3) is 5.91 Å². The van der Waals surface area contributed by atoms with Crippen molar-refractivity contribution in [2.75, 3.05) is 13.1 Å². The average molecular weight is 260 g/mol. The third-order valence-corrected chi connectivity index (χ3v) is 3.10. The van der Waals surface area contributed by atoms with Crippen molar-refractivity contribution in [1.29, 1.82) is 0 Å². The lowest BCUT2D eigenvalue weighted by Crippen LogP contribution is -2.35. The van der Waals surface area contributed by atoms with E-state index < -0.39 is 5.97 Å². The average Bonchev–Trinajstić information content (AvgIpc) is 2.62. The van der Waals surface area contributed by atoms with E-state index in [2.05, 4.69) is 6.58 Å². The molecule has 1 N–H and O–H groups in total. The normalized spacial score (nSPS) is 9.81. The Morgan fingerprint density at radius 3 is 2.75 bits per heavy atom. The summed E-state index contributed by atoms with van der Waals surface area (Å²) in [7, 11) is 0. The summed E-state index contributed by atoms with van der Waals surface area (Å²) in [4.78, 5) is 24.0. The summed E-state index contributed by atoms with van der Waals surface area (Å²) < 4.78 is 0. The van der Waals surface area contributed by atoms with Crippen LogP contribution in [-0.4, -0.2) is 35.0 Å². The molecule has 0 aliphatic heterocycles. The Balaban J connectivity index is 2.86. The van der Waals surface area contributed by atoms with Gasteiger partial charge in [0.2, 0.25) is 0 Å². The van der Waals surface area contributed by atoms with Crippen LogP contribution in [0.5, 0.6) is 0 Å². The van der Waals surface area contributed by atoms with Gasteiger partial charge in [-0.3, -0.25) is 9.59 Å². The van der Waals surface area contributed by atoms with E-state index in [0.717, 1.165) is 0 Å². The number of halogens is 1. The molecule has 0 bridgehead atoms. The predicted octanol–water partition coefficient (Wildman–Crippen LogP) is 2.11. The molecule has 0 aliphatic carbocycles. The van der Waals surface area contributed by atoms with Gasteiger partial charge >= 0.3 is 5.97 Å². The molecule has 1 aromatic heterocycles. The second kappa shape index (κ2) is 5.67. The van der Waals surface area contributed by atoms with E-state index in [9.17, 15) is 9.59 Å². The zero-order chi connectivity index (χ0) is 12.1. The Morgan fingerprint density at radius 1 is 1.62 bits per heavy atom. The summed E-state index contributed by atoms with van der Waals surface area (Å²) in [5.41, 5.74) is 0. The minimum absolute atomic E-state index is 0.180. The molecule has 1 heterocycles. The lowest BCUT2D eigenvalue weighted by atomic mass is 10.3. The molecule has 1 aromatic rings. The van der Waals surface area contributed by atoms with Crippen LogP contribution in [0.2, 0.25) is 5.02 Å². The van der Waals surface area contributed by atoms with Gasteiger partial charge in [0.1, 0.15) is 11.4 Å². The third-order valence-electron chi connectivity index (χ3n) is 1.77. The first-order chi connectivity index (χ1) is 7.56. The molecule has 0 atom stereocenters. The molecule has 0 aromatic carbocycles. The van der Waals surface area contributed by atoms with Crippen LogP contribution < -0.4 is 0 Å². The second-order valence-electron chi connectivity index (χ2n) is 2.97. The van der Waals surface area contributed by atoms with Gasteiger partial charge in [0.15, 0.2) is 0 Å². The first-order valence-electron chi connectivity index (χ1n) is 4.41. The highest BCUT2D eigenvalue weighted by atomic mass is 35.5. The van der Waals surface area contributed by atoms with E-state index in [1.807, 2.05) is 0 Å². The molecular weight excluding hydrogens is 250 g/mol. The molecule has 1 rings (SSSR count). The fraction of sp³-hybridized carbons (Fsp3) is 0.200. The van der Waals surface area contributed by atoms with Crippen molar-refractivity contribution in [3.05, 3.63) is 34.0 Å². The number of rotatable bonds is 5. The summed E-state index contributed by atoms with van der Waals surface area (Å²) in [6, 6.07) is 1.60. The highest BCUT2D eigenvalue weighted by Crippen LogP contribution is 2.23. The van der Waals surface area contributed by atoms with E-state index in [1.54, 1.807) is 11.4 Å². The van der Waals surface area contributed by atoms with Crippen LogP contribution in [0.15, 0.2) is 24.1 Å². The highest BCUT2D eigenvalue weighted by Gasteiger charge is 2.20. The number of carbonyl (C=O) groups excluding carboxylic acids is 1. The van der Waals surface area contributed by atoms with Gasteiger partial charge in [-0.15, -0.1) is 17.9 Å². The van der Waals surface area contributed by atoms with Crippen molar-refractivity contribution in [3.63, 3.8) is 0 Å². The van der Waals surface area contributed by atoms with Gasteiger partial charge in [0, 0.05) is 6.54 Å². The van der Waals surface area contributed by atoms with Crippen molar-refractivity contribution < 1.29 is 14.7 Å². The Labute approximate surface area is 102 Å². The van der Waals surface area contributed by atoms with Crippen molar-refractivity contribution >= 4 is 34.8 Å². The molecule has 1 amide bonds. The monoisotopic (exact) mass is 259 g/mol. The van der Waals surface area contributed by atoms with Crippen molar-refractivity contribution in [2.45, 2.75) is 0 Å². The van der Waals surface area contributed by atoms with Crippen LogP contribution in [0, 0.1) is 0 Å². The lowest BCUT2D eigenvalue weighted by Gasteiger charge is -2.17. The first kappa shape index (κ1) is 12.7. The summed E-state index contributed by atoms with van der Waals surface area (Å²) in [6.07, 6.45) is 1.47. The third kappa shape index (κ3) is 3.08. The van der Waals surface area contributed by atoms with Crippen molar-refractivity contribution in [1.82, 2.24) is 4.90 Å². The van der Waals surface area contributed by atoms with Gasteiger partial charge in [0.05, 0.1) is 5.02 Å². The van der Waals surface area contributed by atoms with Gasteiger partial charge < -0.3 is 10.0 Å². The number of thiophene rings is 1. The fourth-order valence-electron chi connectivity index (χ4n) is 1.13. The number of hydrogen-bond donors (Lipinski definition) is 1. The number of carboxylic acids is 1. The molecule has 0 unspecified atom stereocenters. The molecule has 6 heteroatoms. The SMILES string of the molecule is C=CCN(CC(=O)O)C(=O)c1sccc1Cl. The molecular formula is C10H10ClNO3S. The van der Waals surface area contributed by atoms with Crippen LogP contribution >= 0.6 is 22.9 Å². The zero-order valence-electron chi connectivity index (χ0n) is 8.35. The largest absolute Gasteiger partial charge is 0.480 e.